The Hall–Kier alpha value is -0.260. The molecule has 0 aliphatic carbocycles. The third-order valence-corrected chi connectivity index (χ3v) is 5.68. The fourth-order valence-corrected chi connectivity index (χ4v) is 4.40. The molecule has 0 aromatic carbocycles. The molecule has 22 heavy (non-hydrogen) atoms. The summed E-state index contributed by atoms with van der Waals surface area (Å²) in [6.07, 6.45) is -0.703. The van der Waals surface area contributed by atoms with Crippen molar-refractivity contribution < 1.29 is 13.5 Å². The maximum absolute atomic E-state index is 13.2. The van der Waals surface area contributed by atoms with Gasteiger partial charge in [-0.2, -0.15) is 0 Å². The fraction of sp³-hybridized carbons (Fsp3) is 1.00. The van der Waals surface area contributed by atoms with Gasteiger partial charge in [-0.1, -0.05) is 20.8 Å². The molecule has 0 spiro atoms. The van der Waals surface area contributed by atoms with Gasteiger partial charge >= 0.3 is 0 Å². The van der Waals surface area contributed by atoms with Crippen LogP contribution in [-0.4, -0.2) is 44.8 Å². The van der Waals surface area contributed by atoms with Gasteiger partial charge < -0.3 is 15.4 Å². The molecule has 0 amide bonds. The van der Waals surface area contributed by atoms with E-state index in [0.29, 0.717) is 30.8 Å². The van der Waals surface area contributed by atoms with Gasteiger partial charge in [0, 0.05) is 19.7 Å². The first kappa shape index (κ1) is 18.1. The minimum Gasteiger partial charge on any atom is -0.380 e. The molecule has 6 unspecified atom stereocenters. The van der Waals surface area contributed by atoms with E-state index in [0.717, 1.165) is 13.0 Å². The normalized spacial score (nSPS) is 40.9. The molecule has 2 saturated heterocycles. The van der Waals surface area contributed by atoms with Gasteiger partial charge in [-0.05, 0) is 49.5 Å². The molecule has 2 rings (SSSR count). The first-order chi connectivity index (χ1) is 10.2. The summed E-state index contributed by atoms with van der Waals surface area (Å²) < 4.78 is 32.0. The van der Waals surface area contributed by atoms with Crippen LogP contribution in [0.5, 0.6) is 0 Å². The molecule has 0 bridgehead atoms. The SMILES string of the molecule is COC1CNC(C(F)F)CC1C1CC(C)NCC1C(C)(C)C. The highest BCUT2D eigenvalue weighted by Crippen LogP contribution is 2.44. The zero-order valence-electron chi connectivity index (χ0n) is 14.5. The molecule has 0 radical (unpaired) electrons. The number of ether oxygens (including phenoxy) is 1. The van der Waals surface area contributed by atoms with E-state index in [1.807, 2.05) is 0 Å². The minimum absolute atomic E-state index is 0.0372. The van der Waals surface area contributed by atoms with Gasteiger partial charge in [0.05, 0.1) is 12.1 Å². The van der Waals surface area contributed by atoms with Gasteiger partial charge in [0.25, 0.3) is 6.43 Å². The van der Waals surface area contributed by atoms with Gasteiger partial charge in [-0.25, -0.2) is 8.78 Å². The van der Waals surface area contributed by atoms with Gasteiger partial charge in [-0.15, -0.1) is 0 Å². The van der Waals surface area contributed by atoms with Crippen molar-refractivity contribution in [2.24, 2.45) is 23.2 Å². The Morgan fingerprint density at radius 1 is 1.05 bits per heavy atom. The van der Waals surface area contributed by atoms with Crippen LogP contribution in [0.4, 0.5) is 8.78 Å². The van der Waals surface area contributed by atoms with Crippen molar-refractivity contribution in [1.29, 1.82) is 0 Å². The second kappa shape index (κ2) is 7.10. The summed E-state index contributed by atoms with van der Waals surface area (Å²) in [6, 6.07) is -0.247. The lowest BCUT2D eigenvalue weighted by Crippen LogP contribution is -2.57. The minimum atomic E-state index is -2.30. The summed E-state index contributed by atoms with van der Waals surface area (Å²) in [5.41, 5.74) is 0.168. The quantitative estimate of drug-likeness (QED) is 0.839. The predicted molar refractivity (Wildman–Crippen MR) is 85.2 cm³/mol. The monoisotopic (exact) mass is 318 g/mol. The van der Waals surface area contributed by atoms with Gasteiger partial charge in [-0.3, -0.25) is 0 Å². The molecular weight excluding hydrogens is 286 g/mol. The molecule has 5 heteroatoms. The molecule has 2 N–H and O–H groups in total. The Labute approximate surface area is 133 Å². The van der Waals surface area contributed by atoms with E-state index in [4.69, 9.17) is 4.74 Å². The summed E-state index contributed by atoms with van der Waals surface area (Å²) in [5, 5.41) is 6.53. The molecule has 2 fully saturated rings. The van der Waals surface area contributed by atoms with E-state index in [1.54, 1.807) is 7.11 Å². The number of rotatable bonds is 3. The topological polar surface area (TPSA) is 33.3 Å². The van der Waals surface area contributed by atoms with Crippen molar-refractivity contribution >= 4 is 0 Å². The maximum Gasteiger partial charge on any atom is 0.253 e. The molecule has 0 aromatic rings. The Bertz CT molecular complexity index is 359. The van der Waals surface area contributed by atoms with E-state index in [-0.39, 0.29) is 17.4 Å². The van der Waals surface area contributed by atoms with E-state index < -0.39 is 12.5 Å². The van der Waals surface area contributed by atoms with Crippen molar-refractivity contribution in [3.8, 4) is 0 Å². The lowest BCUT2D eigenvalue weighted by atomic mass is 9.62. The molecule has 2 heterocycles. The van der Waals surface area contributed by atoms with Crippen molar-refractivity contribution in [2.45, 2.75) is 65.1 Å². The maximum atomic E-state index is 13.2. The highest BCUT2D eigenvalue weighted by Gasteiger charge is 2.45. The van der Waals surface area contributed by atoms with Crippen LogP contribution in [0.2, 0.25) is 0 Å². The summed E-state index contributed by atoms with van der Waals surface area (Å²) in [6.45, 7) is 10.5. The van der Waals surface area contributed by atoms with Crippen LogP contribution in [0.15, 0.2) is 0 Å². The number of hydrogen-bond acceptors (Lipinski definition) is 3. The summed E-state index contributed by atoms with van der Waals surface area (Å²) in [7, 11) is 1.71. The van der Waals surface area contributed by atoms with Crippen molar-refractivity contribution in [1.82, 2.24) is 10.6 Å². The molecule has 0 aromatic heterocycles. The summed E-state index contributed by atoms with van der Waals surface area (Å²) >= 11 is 0. The molecular formula is C17H32F2N2O. The van der Waals surface area contributed by atoms with E-state index in [2.05, 4.69) is 38.3 Å². The fourth-order valence-electron chi connectivity index (χ4n) is 4.40. The van der Waals surface area contributed by atoms with Crippen LogP contribution in [0.3, 0.4) is 0 Å². The molecule has 3 nitrogen and oxygen atoms in total. The number of methoxy groups -OCH3 is 1. The van der Waals surface area contributed by atoms with Crippen LogP contribution in [-0.2, 0) is 4.74 Å². The highest BCUT2D eigenvalue weighted by atomic mass is 19.3. The van der Waals surface area contributed by atoms with E-state index in [1.165, 1.54) is 0 Å². The van der Waals surface area contributed by atoms with Crippen LogP contribution < -0.4 is 10.6 Å². The first-order valence-corrected chi connectivity index (χ1v) is 8.51. The largest absolute Gasteiger partial charge is 0.380 e. The molecule has 2 aliphatic heterocycles. The van der Waals surface area contributed by atoms with Gasteiger partial charge in [0.15, 0.2) is 0 Å². The lowest BCUT2D eigenvalue weighted by molar-refractivity contribution is -0.0617. The number of nitrogens with one attached hydrogen (secondary N) is 2. The second-order valence-electron chi connectivity index (χ2n) is 8.20. The number of alkyl halides is 2. The highest BCUT2D eigenvalue weighted by molar-refractivity contribution is 4.98. The molecule has 6 atom stereocenters. The Balaban J connectivity index is 2.21. The van der Waals surface area contributed by atoms with Crippen molar-refractivity contribution in [3.63, 3.8) is 0 Å². The summed E-state index contributed by atoms with van der Waals surface area (Å²) in [4.78, 5) is 0. The number of hydrogen-bond donors (Lipinski definition) is 2. The average molecular weight is 318 g/mol. The van der Waals surface area contributed by atoms with E-state index in [9.17, 15) is 8.78 Å². The van der Waals surface area contributed by atoms with Gasteiger partial charge in [0.2, 0.25) is 0 Å². The smallest absolute Gasteiger partial charge is 0.253 e. The number of piperidine rings is 2. The molecule has 0 saturated carbocycles. The predicted octanol–water partition coefficient (Wildman–Crippen LogP) is 2.90. The first-order valence-electron chi connectivity index (χ1n) is 8.51. The third-order valence-electron chi connectivity index (χ3n) is 5.68. The average Bonchev–Trinajstić information content (AvgIpc) is 2.45. The lowest BCUT2D eigenvalue weighted by Gasteiger charge is -2.50. The van der Waals surface area contributed by atoms with Gasteiger partial charge in [0.1, 0.15) is 0 Å². The Morgan fingerprint density at radius 3 is 2.27 bits per heavy atom. The summed E-state index contributed by atoms with van der Waals surface area (Å²) in [5.74, 6) is 1.13. The second-order valence-corrected chi connectivity index (χ2v) is 8.20. The Kier molecular flexibility index (Phi) is 5.84. The van der Waals surface area contributed by atoms with Crippen molar-refractivity contribution in [3.05, 3.63) is 0 Å². The van der Waals surface area contributed by atoms with Crippen LogP contribution in [0.25, 0.3) is 0 Å². The molecule has 2 aliphatic rings. The molecule has 130 valence electrons. The zero-order valence-corrected chi connectivity index (χ0v) is 14.5. The number of halogens is 2. The zero-order chi connectivity index (χ0) is 16.5. The van der Waals surface area contributed by atoms with Crippen molar-refractivity contribution in [2.75, 3.05) is 20.2 Å². The van der Waals surface area contributed by atoms with Crippen LogP contribution in [0, 0.1) is 23.2 Å². The van der Waals surface area contributed by atoms with Crippen LogP contribution in [0.1, 0.15) is 40.5 Å². The Morgan fingerprint density at radius 2 is 1.73 bits per heavy atom. The standard InChI is InChI=1S/C17H32F2N2O/c1-10-6-11(13(8-20-10)17(2,3)4)12-7-14(16(18)19)21-9-15(12)22-5/h10-16,20-21H,6-9H2,1-5H3. The van der Waals surface area contributed by atoms with Crippen LogP contribution >= 0.6 is 0 Å². The van der Waals surface area contributed by atoms with E-state index >= 15 is 0 Å². The third kappa shape index (κ3) is 3.98.